The standard InChI is InChI=1S/C19H24N6O/c1-14-7-15(2)25-19(23-14)17(9-22-25)11-24-5-6-26-12-16(10-24)8-18-3-4-20-13-21-18/h3-4,7,9,13,16H,5-6,8,10-12H2,1-2H3. The minimum atomic E-state index is 0.422. The van der Waals surface area contributed by atoms with Crippen molar-refractivity contribution >= 4 is 5.65 Å². The van der Waals surface area contributed by atoms with E-state index in [-0.39, 0.29) is 0 Å². The molecule has 4 rings (SSSR count). The number of hydrogen-bond acceptors (Lipinski definition) is 6. The van der Waals surface area contributed by atoms with Crippen molar-refractivity contribution in [1.82, 2.24) is 29.5 Å². The van der Waals surface area contributed by atoms with Gasteiger partial charge in [0.05, 0.1) is 19.4 Å². The molecule has 0 saturated carbocycles. The van der Waals surface area contributed by atoms with Crippen molar-refractivity contribution in [2.75, 3.05) is 26.3 Å². The molecule has 1 aliphatic heterocycles. The third-order valence-electron chi connectivity index (χ3n) is 4.81. The fourth-order valence-electron chi connectivity index (χ4n) is 3.62. The Kier molecular flexibility index (Phi) is 4.90. The molecule has 1 unspecified atom stereocenters. The monoisotopic (exact) mass is 352 g/mol. The SMILES string of the molecule is Cc1cc(C)n2ncc(CN3CCOCC(Cc4ccncn4)C3)c2n1. The highest BCUT2D eigenvalue weighted by Crippen LogP contribution is 2.18. The third-order valence-corrected chi connectivity index (χ3v) is 4.81. The Hall–Kier alpha value is -2.38. The first kappa shape index (κ1) is 17.1. The number of nitrogens with zero attached hydrogens (tertiary/aromatic N) is 6. The maximum absolute atomic E-state index is 5.83. The van der Waals surface area contributed by atoms with E-state index in [0.29, 0.717) is 5.92 Å². The molecule has 0 radical (unpaired) electrons. The van der Waals surface area contributed by atoms with Crippen LogP contribution in [0.2, 0.25) is 0 Å². The molecule has 3 aromatic heterocycles. The van der Waals surface area contributed by atoms with Gasteiger partial charge in [-0.2, -0.15) is 5.10 Å². The van der Waals surface area contributed by atoms with Crippen molar-refractivity contribution in [2.45, 2.75) is 26.8 Å². The quantitative estimate of drug-likeness (QED) is 0.714. The summed E-state index contributed by atoms with van der Waals surface area (Å²) >= 11 is 0. The van der Waals surface area contributed by atoms with Gasteiger partial charge < -0.3 is 4.74 Å². The second-order valence-electron chi connectivity index (χ2n) is 7.03. The van der Waals surface area contributed by atoms with Gasteiger partial charge in [0.25, 0.3) is 0 Å². The molecule has 3 aromatic rings. The van der Waals surface area contributed by atoms with E-state index in [2.05, 4.69) is 33.0 Å². The molecule has 26 heavy (non-hydrogen) atoms. The summed E-state index contributed by atoms with van der Waals surface area (Å²) < 4.78 is 7.76. The second kappa shape index (κ2) is 7.47. The molecular formula is C19H24N6O. The molecule has 0 aliphatic carbocycles. The van der Waals surface area contributed by atoms with Crippen LogP contribution >= 0.6 is 0 Å². The Bertz CT molecular complexity index is 878. The zero-order chi connectivity index (χ0) is 17.9. The van der Waals surface area contributed by atoms with E-state index in [9.17, 15) is 0 Å². The average molecular weight is 352 g/mol. The third kappa shape index (κ3) is 3.73. The van der Waals surface area contributed by atoms with Gasteiger partial charge in [-0.25, -0.2) is 19.5 Å². The van der Waals surface area contributed by atoms with Crippen molar-refractivity contribution < 1.29 is 4.74 Å². The first-order valence-electron chi connectivity index (χ1n) is 9.05. The van der Waals surface area contributed by atoms with Crippen LogP contribution in [0.5, 0.6) is 0 Å². The maximum atomic E-state index is 5.83. The predicted molar refractivity (Wildman–Crippen MR) is 97.8 cm³/mol. The van der Waals surface area contributed by atoms with E-state index in [1.807, 2.05) is 23.7 Å². The van der Waals surface area contributed by atoms with Gasteiger partial charge >= 0.3 is 0 Å². The number of aryl methyl sites for hydroxylation is 2. The first-order chi connectivity index (χ1) is 12.7. The van der Waals surface area contributed by atoms with Crippen molar-refractivity contribution in [3.63, 3.8) is 0 Å². The van der Waals surface area contributed by atoms with Crippen LogP contribution in [0, 0.1) is 19.8 Å². The average Bonchev–Trinajstić information content (AvgIpc) is 2.88. The fraction of sp³-hybridized carbons (Fsp3) is 0.474. The normalized spacial score (nSPS) is 18.9. The maximum Gasteiger partial charge on any atom is 0.159 e. The number of rotatable bonds is 4. The number of ether oxygens (including phenoxy) is 1. The second-order valence-corrected chi connectivity index (χ2v) is 7.03. The zero-order valence-corrected chi connectivity index (χ0v) is 15.3. The summed E-state index contributed by atoms with van der Waals surface area (Å²) in [6.45, 7) is 8.35. The van der Waals surface area contributed by atoms with Crippen LogP contribution < -0.4 is 0 Å². The van der Waals surface area contributed by atoms with E-state index in [0.717, 1.165) is 62.0 Å². The van der Waals surface area contributed by atoms with Gasteiger partial charge in [-0.3, -0.25) is 4.90 Å². The molecule has 1 saturated heterocycles. The van der Waals surface area contributed by atoms with E-state index in [1.165, 1.54) is 5.56 Å². The molecule has 0 amide bonds. The number of fused-ring (bicyclic) bond motifs is 1. The minimum absolute atomic E-state index is 0.422. The molecule has 0 bridgehead atoms. The molecule has 4 heterocycles. The summed E-state index contributed by atoms with van der Waals surface area (Å²) in [6.07, 6.45) is 6.26. The Balaban J connectivity index is 1.50. The molecule has 1 aliphatic rings. The Morgan fingerprint density at radius 3 is 3.08 bits per heavy atom. The summed E-state index contributed by atoms with van der Waals surface area (Å²) in [6, 6.07) is 4.04. The lowest BCUT2D eigenvalue weighted by atomic mass is 10.0. The first-order valence-corrected chi connectivity index (χ1v) is 9.05. The highest BCUT2D eigenvalue weighted by molar-refractivity contribution is 5.47. The van der Waals surface area contributed by atoms with Crippen LogP contribution in [0.4, 0.5) is 0 Å². The minimum Gasteiger partial charge on any atom is -0.380 e. The van der Waals surface area contributed by atoms with Gasteiger partial charge in [0, 0.05) is 54.4 Å². The highest BCUT2D eigenvalue weighted by atomic mass is 16.5. The Morgan fingerprint density at radius 2 is 2.23 bits per heavy atom. The van der Waals surface area contributed by atoms with Crippen LogP contribution in [-0.2, 0) is 17.7 Å². The summed E-state index contributed by atoms with van der Waals surface area (Å²) in [5.74, 6) is 0.422. The van der Waals surface area contributed by atoms with Gasteiger partial charge in [0.1, 0.15) is 6.33 Å². The molecule has 136 valence electrons. The number of aromatic nitrogens is 5. The summed E-state index contributed by atoms with van der Waals surface area (Å²) in [5.41, 5.74) is 5.33. The van der Waals surface area contributed by atoms with Gasteiger partial charge in [-0.05, 0) is 32.4 Å². The van der Waals surface area contributed by atoms with E-state index < -0.39 is 0 Å². The van der Waals surface area contributed by atoms with Crippen LogP contribution in [0.1, 0.15) is 22.6 Å². The molecule has 0 aromatic carbocycles. The molecule has 0 spiro atoms. The van der Waals surface area contributed by atoms with Crippen molar-refractivity contribution in [3.8, 4) is 0 Å². The lowest BCUT2D eigenvalue weighted by Crippen LogP contribution is -2.30. The van der Waals surface area contributed by atoms with Gasteiger partial charge in [-0.1, -0.05) is 0 Å². The van der Waals surface area contributed by atoms with Gasteiger partial charge in [0.15, 0.2) is 5.65 Å². The summed E-state index contributed by atoms with van der Waals surface area (Å²) in [7, 11) is 0. The molecule has 7 nitrogen and oxygen atoms in total. The van der Waals surface area contributed by atoms with Crippen LogP contribution in [0.3, 0.4) is 0 Å². The molecule has 0 N–H and O–H groups in total. The topological polar surface area (TPSA) is 68.4 Å². The lowest BCUT2D eigenvalue weighted by molar-refractivity contribution is 0.121. The zero-order valence-electron chi connectivity index (χ0n) is 15.3. The Labute approximate surface area is 153 Å². The smallest absolute Gasteiger partial charge is 0.159 e. The van der Waals surface area contributed by atoms with Gasteiger partial charge in [-0.15, -0.1) is 0 Å². The van der Waals surface area contributed by atoms with Crippen molar-refractivity contribution in [3.05, 3.63) is 53.5 Å². The van der Waals surface area contributed by atoms with Gasteiger partial charge in [0.2, 0.25) is 0 Å². The molecule has 1 atom stereocenters. The number of hydrogen-bond donors (Lipinski definition) is 0. The molecular weight excluding hydrogens is 328 g/mol. The summed E-state index contributed by atoms with van der Waals surface area (Å²) in [4.78, 5) is 15.5. The highest BCUT2D eigenvalue weighted by Gasteiger charge is 2.21. The fourth-order valence-corrected chi connectivity index (χ4v) is 3.62. The van der Waals surface area contributed by atoms with E-state index >= 15 is 0 Å². The predicted octanol–water partition coefficient (Wildman–Crippen LogP) is 1.83. The lowest BCUT2D eigenvalue weighted by Gasteiger charge is -2.22. The van der Waals surface area contributed by atoms with E-state index in [1.54, 1.807) is 12.5 Å². The van der Waals surface area contributed by atoms with E-state index in [4.69, 9.17) is 9.72 Å². The van der Waals surface area contributed by atoms with Crippen molar-refractivity contribution in [1.29, 1.82) is 0 Å². The largest absolute Gasteiger partial charge is 0.380 e. The molecule has 7 heteroatoms. The molecule has 1 fully saturated rings. The van der Waals surface area contributed by atoms with Crippen LogP contribution in [0.15, 0.2) is 30.9 Å². The van der Waals surface area contributed by atoms with Crippen LogP contribution in [-0.4, -0.2) is 55.8 Å². The van der Waals surface area contributed by atoms with Crippen LogP contribution in [0.25, 0.3) is 5.65 Å². The summed E-state index contributed by atoms with van der Waals surface area (Å²) in [5, 5.41) is 4.51. The Morgan fingerprint density at radius 1 is 1.31 bits per heavy atom. The van der Waals surface area contributed by atoms with Crippen molar-refractivity contribution in [2.24, 2.45) is 5.92 Å².